The molecule has 2 N–H and O–H groups in total. The van der Waals surface area contributed by atoms with Gasteiger partial charge in [0.15, 0.2) is 0 Å². The minimum absolute atomic E-state index is 0. The van der Waals surface area contributed by atoms with E-state index in [0.717, 1.165) is 19.4 Å². The minimum Gasteiger partial charge on any atom is -0.380 e. The third kappa shape index (κ3) is 5.52. The number of hydrogen-bond donors (Lipinski definition) is 1. The Morgan fingerprint density at radius 1 is 1.61 bits per heavy atom. The van der Waals surface area contributed by atoms with Gasteiger partial charge in [0.1, 0.15) is 0 Å². The Balaban J connectivity index is 0.00000289. The quantitative estimate of drug-likeness (QED) is 0.749. The fraction of sp³-hybridized carbons (Fsp3) is 0.917. The van der Waals surface area contributed by atoms with Crippen molar-refractivity contribution >= 4 is 18.3 Å². The molecule has 0 aliphatic carbocycles. The highest BCUT2D eigenvalue weighted by Gasteiger charge is 2.23. The summed E-state index contributed by atoms with van der Waals surface area (Å²) in [4.78, 5) is 13.9. The van der Waals surface area contributed by atoms with E-state index in [0.29, 0.717) is 26.1 Å². The number of nitrogens with zero attached hydrogens (tertiary/aromatic N) is 1. The molecule has 2 atom stereocenters. The number of carbonyl (C=O) groups is 1. The number of halogens is 1. The molecule has 6 heteroatoms. The van der Waals surface area contributed by atoms with Crippen LogP contribution in [0.1, 0.15) is 26.2 Å². The summed E-state index contributed by atoms with van der Waals surface area (Å²) in [5, 5.41) is 0. The molecular weight excluding hydrogens is 256 g/mol. The molecule has 0 radical (unpaired) electrons. The normalized spacial score (nSPS) is 20.3. The highest BCUT2D eigenvalue weighted by atomic mass is 35.5. The van der Waals surface area contributed by atoms with E-state index in [9.17, 15) is 4.79 Å². The monoisotopic (exact) mass is 280 g/mol. The smallest absolute Gasteiger partial charge is 0.225 e. The molecule has 0 saturated carbocycles. The first kappa shape index (κ1) is 17.6. The highest BCUT2D eigenvalue weighted by Crippen LogP contribution is 2.14. The average molecular weight is 281 g/mol. The summed E-state index contributed by atoms with van der Waals surface area (Å²) in [5.74, 6) is 0.0975. The first-order chi connectivity index (χ1) is 8.21. The van der Waals surface area contributed by atoms with Crippen molar-refractivity contribution in [1.82, 2.24) is 4.90 Å². The van der Waals surface area contributed by atoms with Crippen LogP contribution in [0.2, 0.25) is 0 Å². The molecule has 0 bridgehead atoms. The van der Waals surface area contributed by atoms with Crippen LogP contribution in [-0.2, 0) is 14.3 Å². The number of ether oxygens (including phenoxy) is 2. The zero-order chi connectivity index (χ0) is 12.7. The van der Waals surface area contributed by atoms with E-state index in [-0.39, 0.29) is 30.5 Å². The zero-order valence-electron chi connectivity index (χ0n) is 11.3. The molecule has 0 spiro atoms. The molecule has 1 amide bonds. The van der Waals surface area contributed by atoms with Gasteiger partial charge in [0.25, 0.3) is 0 Å². The maximum absolute atomic E-state index is 12.0. The van der Waals surface area contributed by atoms with Crippen LogP contribution in [0.3, 0.4) is 0 Å². The number of rotatable bonds is 7. The summed E-state index contributed by atoms with van der Waals surface area (Å²) in [6.45, 7) is 4.58. The topological polar surface area (TPSA) is 64.8 Å². The molecule has 1 heterocycles. The lowest BCUT2D eigenvalue weighted by molar-refractivity contribution is -0.135. The van der Waals surface area contributed by atoms with Crippen LogP contribution in [0, 0.1) is 0 Å². The Kier molecular flexibility index (Phi) is 9.36. The van der Waals surface area contributed by atoms with Gasteiger partial charge in [-0.3, -0.25) is 4.79 Å². The van der Waals surface area contributed by atoms with Crippen LogP contribution in [-0.4, -0.2) is 56.4 Å². The molecule has 0 aromatic carbocycles. The van der Waals surface area contributed by atoms with Crippen molar-refractivity contribution in [1.29, 1.82) is 0 Å². The van der Waals surface area contributed by atoms with E-state index in [1.54, 1.807) is 7.11 Å². The number of amides is 1. The Morgan fingerprint density at radius 2 is 2.33 bits per heavy atom. The van der Waals surface area contributed by atoms with Crippen LogP contribution in [0.15, 0.2) is 0 Å². The number of hydrogen-bond acceptors (Lipinski definition) is 4. The van der Waals surface area contributed by atoms with Gasteiger partial charge in [-0.1, -0.05) is 0 Å². The molecule has 0 aromatic heterocycles. The molecule has 0 aromatic rings. The second-order valence-electron chi connectivity index (χ2n) is 4.36. The Hall–Kier alpha value is -0.360. The van der Waals surface area contributed by atoms with Crippen LogP contribution in [0.4, 0.5) is 0 Å². The van der Waals surface area contributed by atoms with E-state index in [4.69, 9.17) is 15.2 Å². The number of methoxy groups -OCH3 is 1. The Morgan fingerprint density at radius 3 is 2.78 bits per heavy atom. The summed E-state index contributed by atoms with van der Waals surface area (Å²) in [6, 6.07) is 0. The second kappa shape index (κ2) is 9.55. The summed E-state index contributed by atoms with van der Waals surface area (Å²) in [7, 11) is 1.58. The van der Waals surface area contributed by atoms with Gasteiger partial charge in [-0.2, -0.15) is 0 Å². The molecule has 108 valence electrons. The lowest BCUT2D eigenvalue weighted by Crippen LogP contribution is -2.40. The highest BCUT2D eigenvalue weighted by molar-refractivity contribution is 5.85. The maximum atomic E-state index is 12.0. The maximum Gasteiger partial charge on any atom is 0.225 e. The number of likely N-dealkylation sites (N-methyl/N-ethyl adjacent to an activating group) is 1. The van der Waals surface area contributed by atoms with Gasteiger partial charge in [-0.05, 0) is 19.8 Å². The summed E-state index contributed by atoms with van der Waals surface area (Å²) in [6.07, 6.45) is 2.53. The van der Waals surface area contributed by atoms with Crippen molar-refractivity contribution in [3.63, 3.8) is 0 Å². The van der Waals surface area contributed by atoms with Crippen molar-refractivity contribution in [2.75, 3.05) is 33.4 Å². The first-order valence-corrected chi connectivity index (χ1v) is 6.33. The molecule has 1 aliphatic heterocycles. The molecular formula is C12H25ClN2O3. The predicted molar refractivity (Wildman–Crippen MR) is 72.9 cm³/mol. The number of nitrogens with two attached hydrogens (primary N) is 1. The lowest BCUT2D eigenvalue weighted by Gasteiger charge is -2.25. The molecule has 18 heavy (non-hydrogen) atoms. The van der Waals surface area contributed by atoms with Gasteiger partial charge in [0, 0.05) is 33.4 Å². The number of carbonyl (C=O) groups excluding carboxylic acids is 1. The van der Waals surface area contributed by atoms with Gasteiger partial charge in [0.2, 0.25) is 5.91 Å². The van der Waals surface area contributed by atoms with Crippen molar-refractivity contribution in [2.45, 2.75) is 38.4 Å². The van der Waals surface area contributed by atoms with Crippen LogP contribution in [0.5, 0.6) is 0 Å². The van der Waals surface area contributed by atoms with Crippen molar-refractivity contribution in [2.24, 2.45) is 5.73 Å². The van der Waals surface area contributed by atoms with E-state index < -0.39 is 0 Å². The van der Waals surface area contributed by atoms with Crippen molar-refractivity contribution in [3.05, 3.63) is 0 Å². The summed E-state index contributed by atoms with van der Waals surface area (Å²) < 4.78 is 10.7. The van der Waals surface area contributed by atoms with Crippen LogP contribution < -0.4 is 5.73 Å². The lowest BCUT2D eigenvalue weighted by atomic mass is 10.2. The third-order valence-electron chi connectivity index (χ3n) is 3.18. The first-order valence-electron chi connectivity index (χ1n) is 6.33. The third-order valence-corrected chi connectivity index (χ3v) is 3.18. The summed E-state index contributed by atoms with van der Waals surface area (Å²) in [5.41, 5.74) is 5.52. The van der Waals surface area contributed by atoms with Gasteiger partial charge < -0.3 is 20.1 Å². The van der Waals surface area contributed by atoms with Gasteiger partial charge >= 0.3 is 0 Å². The van der Waals surface area contributed by atoms with E-state index in [1.165, 1.54) is 0 Å². The molecule has 1 rings (SSSR count). The van der Waals surface area contributed by atoms with Gasteiger partial charge in [-0.25, -0.2) is 0 Å². The Bertz CT molecular complexity index is 231. The average Bonchev–Trinajstić information content (AvgIpc) is 2.85. The second-order valence-corrected chi connectivity index (χ2v) is 4.36. The van der Waals surface area contributed by atoms with E-state index in [1.807, 2.05) is 11.8 Å². The summed E-state index contributed by atoms with van der Waals surface area (Å²) >= 11 is 0. The fourth-order valence-electron chi connectivity index (χ4n) is 2.03. The largest absolute Gasteiger partial charge is 0.380 e. The Labute approximate surface area is 115 Å². The molecule has 5 nitrogen and oxygen atoms in total. The van der Waals surface area contributed by atoms with E-state index >= 15 is 0 Å². The van der Waals surface area contributed by atoms with Crippen LogP contribution >= 0.6 is 12.4 Å². The van der Waals surface area contributed by atoms with Gasteiger partial charge in [0.05, 0.1) is 18.6 Å². The zero-order valence-corrected chi connectivity index (χ0v) is 12.1. The van der Waals surface area contributed by atoms with Crippen molar-refractivity contribution in [3.8, 4) is 0 Å². The van der Waals surface area contributed by atoms with Crippen molar-refractivity contribution < 1.29 is 14.3 Å². The van der Waals surface area contributed by atoms with Crippen LogP contribution in [0.25, 0.3) is 0 Å². The molecule has 1 aliphatic rings. The molecule has 1 saturated heterocycles. The predicted octanol–water partition coefficient (Wildman–Crippen LogP) is 0.800. The molecule has 2 unspecified atom stereocenters. The van der Waals surface area contributed by atoms with Gasteiger partial charge in [-0.15, -0.1) is 12.4 Å². The minimum atomic E-state index is -0.180. The standard InChI is InChI=1S/C12H24N2O3.ClH/c1-3-14(9-10-5-4-6-17-10)12(15)7-11(8-13)16-2;/h10-11H,3-9,13H2,1-2H3;1H. The van der Waals surface area contributed by atoms with E-state index in [2.05, 4.69) is 0 Å². The fourth-order valence-corrected chi connectivity index (χ4v) is 2.03. The SMILES string of the molecule is CCN(CC1CCCO1)C(=O)CC(CN)OC.Cl. The molecule has 1 fully saturated rings.